The quantitative estimate of drug-likeness (QED) is 0.418. The van der Waals surface area contributed by atoms with Crippen molar-refractivity contribution in [3.63, 3.8) is 0 Å². The van der Waals surface area contributed by atoms with Crippen LogP contribution in [0.25, 0.3) is 5.57 Å². The fraction of sp³-hybridized carbons (Fsp3) is 0.348. The lowest BCUT2D eigenvalue weighted by Gasteiger charge is -2.37. The van der Waals surface area contributed by atoms with E-state index >= 15 is 0 Å². The molecule has 8 heteroatoms. The van der Waals surface area contributed by atoms with Gasteiger partial charge in [0.05, 0.1) is 22.7 Å². The van der Waals surface area contributed by atoms with Crippen LogP contribution in [-0.4, -0.2) is 44.6 Å². The van der Waals surface area contributed by atoms with Gasteiger partial charge in [0.15, 0.2) is 0 Å². The fourth-order valence-corrected chi connectivity index (χ4v) is 4.51. The monoisotopic (exact) mass is 420 g/mol. The number of non-ortho nitro benzene ring substituents is 1. The third-order valence-corrected chi connectivity index (χ3v) is 5.74. The van der Waals surface area contributed by atoms with Crippen molar-refractivity contribution in [3.8, 4) is 0 Å². The summed E-state index contributed by atoms with van der Waals surface area (Å²) in [5.41, 5.74) is 1.75. The molecule has 0 N–H and O–H groups in total. The van der Waals surface area contributed by atoms with E-state index in [1.165, 1.54) is 17.0 Å². The summed E-state index contributed by atoms with van der Waals surface area (Å²) in [4.78, 5) is 44.9. The molecule has 160 valence electrons. The highest BCUT2D eigenvalue weighted by Crippen LogP contribution is 2.36. The molecule has 1 fully saturated rings. The summed E-state index contributed by atoms with van der Waals surface area (Å²) in [6, 6.07) is 11.2. The molecule has 2 amide bonds. The zero-order valence-electron chi connectivity index (χ0n) is 17.5. The SMILES string of the molecule is CC1CC(C)CN(C2=C(c3ccc([N+](=O)[O-])cc3)C(=O)N(Cc3ccccn3)C2=O)C1. The molecule has 0 radical (unpaired) electrons. The minimum absolute atomic E-state index is 0.0618. The number of carbonyl (C=O) groups excluding carboxylic acids is 2. The summed E-state index contributed by atoms with van der Waals surface area (Å²) in [6.45, 7) is 5.74. The Morgan fingerprint density at radius 1 is 1.03 bits per heavy atom. The van der Waals surface area contributed by atoms with Gasteiger partial charge in [0, 0.05) is 31.4 Å². The summed E-state index contributed by atoms with van der Waals surface area (Å²) in [6.07, 6.45) is 2.69. The number of nitro groups is 1. The lowest BCUT2D eigenvalue weighted by Crippen LogP contribution is -2.41. The van der Waals surface area contributed by atoms with Crippen LogP contribution in [0.4, 0.5) is 5.69 Å². The average molecular weight is 420 g/mol. The number of aromatic nitrogens is 1. The molecular formula is C23H24N4O4. The van der Waals surface area contributed by atoms with Crippen LogP contribution in [0.2, 0.25) is 0 Å². The fourth-order valence-electron chi connectivity index (χ4n) is 4.51. The number of hydrogen-bond acceptors (Lipinski definition) is 6. The lowest BCUT2D eigenvalue weighted by atomic mass is 9.91. The number of benzene rings is 1. The lowest BCUT2D eigenvalue weighted by molar-refractivity contribution is -0.384. The van der Waals surface area contributed by atoms with E-state index in [1.54, 1.807) is 30.5 Å². The van der Waals surface area contributed by atoms with Crippen LogP contribution in [0.5, 0.6) is 0 Å². The van der Waals surface area contributed by atoms with E-state index in [0.717, 1.165) is 6.42 Å². The van der Waals surface area contributed by atoms with Crippen LogP contribution in [-0.2, 0) is 16.1 Å². The molecule has 0 saturated carbocycles. The Labute approximate surface area is 180 Å². The summed E-state index contributed by atoms with van der Waals surface area (Å²) < 4.78 is 0. The molecule has 0 bridgehead atoms. The highest BCUT2D eigenvalue weighted by molar-refractivity contribution is 6.35. The Morgan fingerprint density at radius 3 is 2.29 bits per heavy atom. The Hall–Kier alpha value is -3.55. The van der Waals surface area contributed by atoms with Gasteiger partial charge in [0.2, 0.25) is 0 Å². The minimum Gasteiger partial charge on any atom is -0.366 e. The summed E-state index contributed by atoms with van der Waals surface area (Å²) in [7, 11) is 0. The first kappa shape index (κ1) is 20.7. The summed E-state index contributed by atoms with van der Waals surface area (Å²) in [5.74, 6) is 0.0416. The van der Waals surface area contributed by atoms with Gasteiger partial charge in [0.1, 0.15) is 5.70 Å². The van der Waals surface area contributed by atoms with Gasteiger partial charge < -0.3 is 4.90 Å². The third kappa shape index (κ3) is 4.05. The summed E-state index contributed by atoms with van der Waals surface area (Å²) >= 11 is 0. The number of piperidine rings is 1. The van der Waals surface area contributed by atoms with E-state index in [0.29, 0.717) is 47.5 Å². The van der Waals surface area contributed by atoms with Crippen molar-refractivity contribution in [1.29, 1.82) is 0 Å². The van der Waals surface area contributed by atoms with Crippen molar-refractivity contribution >= 4 is 23.1 Å². The molecule has 2 atom stereocenters. The van der Waals surface area contributed by atoms with Gasteiger partial charge in [-0.15, -0.1) is 0 Å². The maximum absolute atomic E-state index is 13.5. The van der Waals surface area contributed by atoms with Gasteiger partial charge >= 0.3 is 0 Å². The number of hydrogen-bond donors (Lipinski definition) is 0. The van der Waals surface area contributed by atoms with Crippen molar-refractivity contribution in [1.82, 2.24) is 14.8 Å². The molecule has 2 aromatic rings. The van der Waals surface area contributed by atoms with Crippen LogP contribution in [0, 0.1) is 22.0 Å². The number of imide groups is 1. The van der Waals surface area contributed by atoms with Crippen LogP contribution in [0.3, 0.4) is 0 Å². The maximum atomic E-state index is 13.5. The van der Waals surface area contributed by atoms with Crippen molar-refractivity contribution in [2.75, 3.05) is 13.1 Å². The van der Waals surface area contributed by atoms with Crippen LogP contribution in [0.1, 0.15) is 31.5 Å². The molecule has 2 aliphatic heterocycles. The highest BCUT2D eigenvalue weighted by Gasteiger charge is 2.43. The molecule has 3 heterocycles. The number of likely N-dealkylation sites (tertiary alicyclic amines) is 1. The Balaban J connectivity index is 1.76. The Morgan fingerprint density at radius 2 is 1.71 bits per heavy atom. The summed E-state index contributed by atoms with van der Waals surface area (Å²) in [5, 5.41) is 11.0. The standard InChI is InChI=1S/C23H24N4O4/c1-15-11-16(2)13-25(12-15)21-20(17-6-8-19(9-7-17)27(30)31)22(28)26(23(21)29)14-18-5-3-4-10-24-18/h3-10,15-16H,11-14H2,1-2H3. The van der Waals surface area contributed by atoms with Crippen molar-refractivity contribution in [2.45, 2.75) is 26.8 Å². The second kappa shape index (κ2) is 8.29. The number of rotatable bonds is 5. The molecule has 0 spiro atoms. The topological polar surface area (TPSA) is 96.7 Å². The predicted octanol–water partition coefficient (Wildman–Crippen LogP) is 3.25. The highest BCUT2D eigenvalue weighted by atomic mass is 16.6. The van der Waals surface area contributed by atoms with Crippen molar-refractivity contribution in [3.05, 3.63) is 75.7 Å². The molecule has 2 aliphatic rings. The normalized spacial score (nSPS) is 21.7. The second-order valence-electron chi connectivity index (χ2n) is 8.40. The Kier molecular flexibility index (Phi) is 5.54. The van der Waals surface area contributed by atoms with Crippen LogP contribution < -0.4 is 0 Å². The van der Waals surface area contributed by atoms with Gasteiger partial charge in [-0.2, -0.15) is 0 Å². The first-order valence-electron chi connectivity index (χ1n) is 10.3. The van der Waals surface area contributed by atoms with E-state index in [1.807, 2.05) is 11.0 Å². The predicted molar refractivity (Wildman–Crippen MR) is 114 cm³/mol. The molecule has 8 nitrogen and oxygen atoms in total. The molecule has 0 aliphatic carbocycles. The maximum Gasteiger partial charge on any atom is 0.278 e. The Bertz CT molecular complexity index is 1040. The van der Waals surface area contributed by atoms with Gasteiger partial charge in [-0.05, 0) is 48.1 Å². The number of nitrogens with zero attached hydrogens (tertiary/aromatic N) is 4. The molecule has 4 rings (SSSR count). The molecule has 1 aromatic heterocycles. The second-order valence-corrected chi connectivity index (χ2v) is 8.40. The molecule has 2 unspecified atom stereocenters. The van der Waals surface area contributed by atoms with Gasteiger partial charge in [0.25, 0.3) is 17.5 Å². The molecule has 31 heavy (non-hydrogen) atoms. The van der Waals surface area contributed by atoms with Crippen molar-refractivity contribution < 1.29 is 14.5 Å². The van der Waals surface area contributed by atoms with Gasteiger partial charge in [-0.3, -0.25) is 29.6 Å². The zero-order valence-corrected chi connectivity index (χ0v) is 17.5. The average Bonchev–Trinajstić information content (AvgIpc) is 2.98. The first-order chi connectivity index (χ1) is 14.8. The number of amides is 2. The van der Waals surface area contributed by atoms with E-state index in [2.05, 4.69) is 18.8 Å². The first-order valence-corrected chi connectivity index (χ1v) is 10.3. The number of carbonyl (C=O) groups is 2. The smallest absolute Gasteiger partial charge is 0.278 e. The van der Waals surface area contributed by atoms with Crippen molar-refractivity contribution in [2.24, 2.45) is 11.8 Å². The molecule has 1 aromatic carbocycles. The third-order valence-electron chi connectivity index (χ3n) is 5.74. The van der Waals surface area contributed by atoms with Gasteiger partial charge in [-0.25, -0.2) is 0 Å². The largest absolute Gasteiger partial charge is 0.366 e. The number of pyridine rings is 1. The van der Waals surface area contributed by atoms with E-state index in [9.17, 15) is 19.7 Å². The number of nitro benzene ring substituents is 1. The van der Waals surface area contributed by atoms with E-state index in [4.69, 9.17) is 0 Å². The molecular weight excluding hydrogens is 396 g/mol. The van der Waals surface area contributed by atoms with Gasteiger partial charge in [-0.1, -0.05) is 19.9 Å². The zero-order chi connectivity index (χ0) is 22.1. The molecule has 1 saturated heterocycles. The van der Waals surface area contributed by atoms with Crippen LogP contribution >= 0.6 is 0 Å². The van der Waals surface area contributed by atoms with Crippen LogP contribution in [0.15, 0.2) is 54.4 Å². The van der Waals surface area contributed by atoms with E-state index < -0.39 is 10.8 Å². The van der Waals surface area contributed by atoms with E-state index in [-0.39, 0.29) is 18.1 Å². The minimum atomic E-state index is -0.484.